The SMILES string of the molecule is COCCN(CCOC)CCN(C)C(=O)c1cccc(C(=O)Nc2ccc(N3CCCCC3)cc2-c2cc(C(N)=O)ccn2)c1. The maximum atomic E-state index is 13.5. The molecule has 0 radical (unpaired) electrons. The maximum absolute atomic E-state index is 13.5. The van der Waals surface area contributed by atoms with Crippen LogP contribution in [-0.2, 0) is 9.47 Å². The molecule has 1 fully saturated rings. The van der Waals surface area contributed by atoms with E-state index in [1.807, 2.05) is 18.2 Å². The number of hydrogen-bond acceptors (Lipinski definition) is 8. The molecule has 2 aromatic carbocycles. The van der Waals surface area contributed by atoms with Gasteiger partial charge in [-0.3, -0.25) is 24.3 Å². The highest BCUT2D eigenvalue weighted by molar-refractivity contribution is 6.08. The van der Waals surface area contributed by atoms with Crippen LogP contribution >= 0.6 is 0 Å². The molecule has 0 unspecified atom stereocenters. The van der Waals surface area contributed by atoms with E-state index < -0.39 is 5.91 Å². The summed E-state index contributed by atoms with van der Waals surface area (Å²) in [5, 5.41) is 3.01. The topological polar surface area (TPSA) is 130 Å². The fraction of sp³-hybridized carbons (Fsp3) is 0.412. The fourth-order valence-electron chi connectivity index (χ4n) is 5.31. The number of amides is 3. The predicted octanol–water partition coefficient (Wildman–Crippen LogP) is 3.76. The second kappa shape index (κ2) is 16.7. The van der Waals surface area contributed by atoms with E-state index >= 15 is 0 Å². The Balaban J connectivity index is 1.52. The molecule has 3 N–H and O–H groups in total. The first-order chi connectivity index (χ1) is 21.8. The first-order valence-electron chi connectivity index (χ1n) is 15.3. The summed E-state index contributed by atoms with van der Waals surface area (Å²) >= 11 is 0. The molecule has 45 heavy (non-hydrogen) atoms. The Morgan fingerprint density at radius 2 is 1.58 bits per heavy atom. The summed E-state index contributed by atoms with van der Waals surface area (Å²) in [4.78, 5) is 49.4. The fourth-order valence-corrected chi connectivity index (χ4v) is 5.31. The number of anilines is 2. The summed E-state index contributed by atoms with van der Waals surface area (Å²) in [5.41, 5.74) is 9.40. The van der Waals surface area contributed by atoms with Gasteiger partial charge in [0.25, 0.3) is 11.8 Å². The van der Waals surface area contributed by atoms with E-state index in [4.69, 9.17) is 15.2 Å². The molecule has 240 valence electrons. The lowest BCUT2D eigenvalue weighted by Crippen LogP contribution is -2.39. The Bertz CT molecular complexity index is 1450. The van der Waals surface area contributed by atoms with Gasteiger partial charge >= 0.3 is 0 Å². The number of hydrogen-bond donors (Lipinski definition) is 2. The van der Waals surface area contributed by atoms with Gasteiger partial charge in [0.05, 0.1) is 24.6 Å². The number of methoxy groups -OCH3 is 2. The van der Waals surface area contributed by atoms with Crippen molar-refractivity contribution in [3.63, 3.8) is 0 Å². The molecule has 0 spiro atoms. The van der Waals surface area contributed by atoms with Crippen LogP contribution in [0.15, 0.2) is 60.8 Å². The zero-order valence-electron chi connectivity index (χ0n) is 26.5. The summed E-state index contributed by atoms with van der Waals surface area (Å²) in [6, 6.07) is 15.7. The second-order valence-electron chi connectivity index (χ2n) is 11.2. The number of carbonyl (C=O) groups is 3. The monoisotopic (exact) mass is 616 g/mol. The van der Waals surface area contributed by atoms with Gasteiger partial charge in [0.2, 0.25) is 5.91 Å². The molecular formula is C34H44N6O5. The molecule has 2 heterocycles. The van der Waals surface area contributed by atoms with Crippen LogP contribution in [0, 0.1) is 0 Å². The van der Waals surface area contributed by atoms with Crippen molar-refractivity contribution in [3.05, 3.63) is 77.5 Å². The van der Waals surface area contributed by atoms with Crippen LogP contribution in [0.4, 0.5) is 11.4 Å². The van der Waals surface area contributed by atoms with Crippen LogP contribution < -0.4 is 16.0 Å². The molecule has 0 aliphatic carbocycles. The average molecular weight is 617 g/mol. The lowest BCUT2D eigenvalue weighted by Gasteiger charge is -2.29. The standard InChI is InChI=1S/C34H44N6O5/c1-38(16-17-39(18-20-44-2)19-21-45-3)34(43)27-9-7-8-26(22-27)33(42)37-30-11-10-28(40-14-5-4-6-15-40)24-29(30)31-23-25(32(35)41)12-13-36-31/h7-13,22-24H,4-6,14-21H2,1-3H3,(H2,35,41)(H,37,42). The van der Waals surface area contributed by atoms with Gasteiger partial charge in [0.15, 0.2) is 0 Å². The number of nitrogens with zero attached hydrogens (tertiary/aromatic N) is 4. The molecule has 1 aromatic heterocycles. The van der Waals surface area contributed by atoms with Crippen LogP contribution in [0.5, 0.6) is 0 Å². The largest absolute Gasteiger partial charge is 0.383 e. The van der Waals surface area contributed by atoms with Crippen LogP contribution in [0.25, 0.3) is 11.3 Å². The first kappa shape index (κ1) is 33.6. The Kier molecular flexibility index (Phi) is 12.4. The smallest absolute Gasteiger partial charge is 0.255 e. The summed E-state index contributed by atoms with van der Waals surface area (Å²) < 4.78 is 10.4. The minimum Gasteiger partial charge on any atom is -0.383 e. The van der Waals surface area contributed by atoms with Gasteiger partial charge in [-0.25, -0.2) is 0 Å². The van der Waals surface area contributed by atoms with Gasteiger partial charge < -0.3 is 30.3 Å². The van der Waals surface area contributed by atoms with E-state index in [0.29, 0.717) is 59.9 Å². The van der Waals surface area contributed by atoms with Gasteiger partial charge in [-0.05, 0) is 67.8 Å². The Labute approximate surface area is 265 Å². The van der Waals surface area contributed by atoms with Crippen molar-refractivity contribution < 1.29 is 23.9 Å². The number of rotatable bonds is 15. The number of primary amides is 1. The van der Waals surface area contributed by atoms with Gasteiger partial charge in [0.1, 0.15) is 0 Å². The molecule has 3 amide bonds. The van der Waals surface area contributed by atoms with Crippen molar-refractivity contribution in [1.82, 2.24) is 14.8 Å². The number of carbonyl (C=O) groups excluding carboxylic acids is 3. The van der Waals surface area contributed by atoms with E-state index in [0.717, 1.165) is 44.7 Å². The highest BCUT2D eigenvalue weighted by Gasteiger charge is 2.19. The van der Waals surface area contributed by atoms with Gasteiger partial charge in [-0.2, -0.15) is 0 Å². The van der Waals surface area contributed by atoms with E-state index in [1.165, 1.54) is 12.6 Å². The van der Waals surface area contributed by atoms with Crippen LogP contribution in [0.3, 0.4) is 0 Å². The number of ether oxygens (including phenoxy) is 2. The Morgan fingerprint density at radius 1 is 0.867 bits per heavy atom. The van der Waals surface area contributed by atoms with E-state index in [9.17, 15) is 14.4 Å². The van der Waals surface area contributed by atoms with E-state index in [1.54, 1.807) is 62.6 Å². The minimum absolute atomic E-state index is 0.179. The molecule has 1 aliphatic rings. The third-order valence-electron chi connectivity index (χ3n) is 7.99. The minimum atomic E-state index is -0.555. The zero-order valence-corrected chi connectivity index (χ0v) is 26.5. The maximum Gasteiger partial charge on any atom is 0.255 e. The molecule has 3 aromatic rings. The molecule has 1 aliphatic heterocycles. The van der Waals surface area contributed by atoms with Crippen LogP contribution in [0.2, 0.25) is 0 Å². The summed E-state index contributed by atoms with van der Waals surface area (Å²) in [5.74, 6) is -1.10. The van der Waals surface area contributed by atoms with Crippen LogP contribution in [0.1, 0.15) is 50.3 Å². The highest BCUT2D eigenvalue weighted by Crippen LogP contribution is 2.33. The van der Waals surface area contributed by atoms with Crippen molar-refractivity contribution in [1.29, 1.82) is 0 Å². The number of nitrogens with one attached hydrogen (secondary N) is 1. The Morgan fingerprint density at radius 3 is 2.27 bits per heavy atom. The third kappa shape index (κ3) is 9.34. The number of nitrogens with two attached hydrogens (primary N) is 1. The third-order valence-corrected chi connectivity index (χ3v) is 7.99. The normalized spacial score (nSPS) is 13.1. The van der Waals surface area contributed by atoms with Crippen LogP contribution in [-0.4, -0.2) is 106 Å². The molecule has 11 nitrogen and oxygen atoms in total. The summed E-state index contributed by atoms with van der Waals surface area (Å²) in [7, 11) is 5.08. The first-order valence-corrected chi connectivity index (χ1v) is 15.3. The second-order valence-corrected chi connectivity index (χ2v) is 11.2. The lowest BCUT2D eigenvalue weighted by atomic mass is 10.0. The molecule has 11 heteroatoms. The van der Waals surface area contributed by atoms with E-state index in [-0.39, 0.29) is 11.8 Å². The Hall–Kier alpha value is -4.32. The van der Waals surface area contributed by atoms with Crippen molar-refractivity contribution in [2.45, 2.75) is 19.3 Å². The quantitative estimate of drug-likeness (QED) is 0.264. The predicted molar refractivity (Wildman–Crippen MR) is 176 cm³/mol. The molecule has 4 rings (SSSR count). The number of aromatic nitrogens is 1. The van der Waals surface area contributed by atoms with Crippen molar-refractivity contribution >= 4 is 29.1 Å². The summed E-state index contributed by atoms with van der Waals surface area (Å²) in [6.45, 7) is 5.73. The molecular weight excluding hydrogens is 572 g/mol. The van der Waals surface area contributed by atoms with Gasteiger partial charge in [-0.1, -0.05) is 6.07 Å². The zero-order chi connectivity index (χ0) is 32.2. The average Bonchev–Trinajstić information content (AvgIpc) is 3.08. The number of piperidine rings is 1. The van der Waals surface area contributed by atoms with Gasteiger partial charge in [0, 0.05) is 94.7 Å². The summed E-state index contributed by atoms with van der Waals surface area (Å²) in [6.07, 6.45) is 4.98. The van der Waals surface area contributed by atoms with Gasteiger partial charge in [-0.15, -0.1) is 0 Å². The van der Waals surface area contributed by atoms with Crippen molar-refractivity contribution in [2.75, 3.05) is 84.0 Å². The molecule has 0 saturated carbocycles. The highest BCUT2D eigenvalue weighted by atomic mass is 16.5. The van der Waals surface area contributed by atoms with E-state index in [2.05, 4.69) is 20.1 Å². The number of pyridine rings is 1. The molecule has 0 atom stereocenters. The lowest BCUT2D eigenvalue weighted by molar-refractivity contribution is 0.0747. The van der Waals surface area contributed by atoms with Crippen molar-refractivity contribution in [2.24, 2.45) is 5.73 Å². The van der Waals surface area contributed by atoms with Crippen molar-refractivity contribution in [3.8, 4) is 11.3 Å². The molecule has 0 bridgehead atoms. The number of benzene rings is 2. The molecule has 1 saturated heterocycles. The number of likely N-dealkylation sites (N-methyl/N-ethyl adjacent to an activating group) is 1.